The number of aliphatic imine (C=N–C) groups is 1. The van der Waals surface area contributed by atoms with Gasteiger partial charge in [0.1, 0.15) is 6.10 Å². The molecule has 1 N–H and O–H groups in total. The van der Waals surface area contributed by atoms with Crippen molar-refractivity contribution in [2.45, 2.75) is 32.4 Å². The Balaban J connectivity index is 0.00000225. The lowest BCUT2D eigenvalue weighted by Gasteiger charge is -2.37. The van der Waals surface area contributed by atoms with Crippen LogP contribution in [0.25, 0.3) is 0 Å². The topological polar surface area (TPSA) is 57.2 Å². The molecule has 2 fully saturated rings. The number of hydrogen-bond donors (Lipinski definition) is 1. The molecule has 6 nitrogen and oxygen atoms in total. The molecule has 0 spiro atoms. The highest BCUT2D eigenvalue weighted by molar-refractivity contribution is 14.0. The molecule has 0 aromatic carbocycles. The molecule has 1 unspecified atom stereocenters. The molecule has 8 heteroatoms. The van der Waals surface area contributed by atoms with Crippen LogP contribution in [0.15, 0.2) is 16.4 Å². The van der Waals surface area contributed by atoms with Gasteiger partial charge in [-0.05, 0) is 36.8 Å². The molecule has 2 aliphatic rings. The monoisotopic (exact) mass is 478 g/mol. The van der Waals surface area contributed by atoms with Crippen LogP contribution in [0.2, 0.25) is 0 Å². The maximum atomic E-state index is 12.4. The molecule has 2 aliphatic heterocycles. The molecule has 0 aliphatic carbocycles. The molecule has 25 heavy (non-hydrogen) atoms. The van der Waals surface area contributed by atoms with Crippen molar-refractivity contribution in [2.75, 3.05) is 39.8 Å². The number of ether oxygens (including phenoxy) is 1. The third kappa shape index (κ3) is 5.07. The Morgan fingerprint density at radius 1 is 1.36 bits per heavy atom. The van der Waals surface area contributed by atoms with Crippen molar-refractivity contribution >= 4 is 47.2 Å². The third-order valence-electron chi connectivity index (χ3n) is 4.68. The Kier molecular flexibility index (Phi) is 7.95. The smallest absolute Gasteiger partial charge is 0.251 e. The first-order chi connectivity index (χ1) is 11.7. The fraction of sp³-hybridized carbons (Fsp3) is 0.647. The molecule has 0 radical (unpaired) electrons. The van der Waals surface area contributed by atoms with E-state index in [2.05, 4.69) is 33.6 Å². The Morgan fingerprint density at radius 2 is 2.08 bits per heavy atom. The lowest BCUT2D eigenvalue weighted by atomic mass is 10.2. The van der Waals surface area contributed by atoms with Crippen molar-refractivity contribution in [1.82, 2.24) is 15.1 Å². The molecular formula is C17H27IN4O2S. The van der Waals surface area contributed by atoms with Crippen LogP contribution in [0.4, 0.5) is 0 Å². The zero-order chi connectivity index (χ0) is 16.9. The van der Waals surface area contributed by atoms with Gasteiger partial charge in [-0.15, -0.1) is 35.3 Å². The highest BCUT2D eigenvalue weighted by Gasteiger charge is 2.30. The average molecular weight is 478 g/mol. The predicted octanol–water partition coefficient (Wildman–Crippen LogP) is 2.07. The molecular weight excluding hydrogens is 451 g/mol. The number of piperazine rings is 1. The van der Waals surface area contributed by atoms with E-state index in [1.807, 2.05) is 11.9 Å². The lowest BCUT2D eigenvalue weighted by molar-refractivity contribution is -0.142. The second-order valence-electron chi connectivity index (χ2n) is 6.24. The number of amides is 1. The van der Waals surface area contributed by atoms with Crippen molar-refractivity contribution in [3.63, 3.8) is 0 Å². The maximum Gasteiger partial charge on any atom is 0.251 e. The summed E-state index contributed by atoms with van der Waals surface area (Å²) in [6, 6.07) is 2.14. The number of rotatable bonds is 3. The van der Waals surface area contributed by atoms with Crippen molar-refractivity contribution in [2.24, 2.45) is 4.99 Å². The number of halogens is 1. The highest BCUT2D eigenvalue weighted by atomic mass is 127. The SMILES string of the molecule is CN=C(NCc1sccc1C)N1CCN(C(=O)C2CCCO2)CC1.I. The van der Waals surface area contributed by atoms with Crippen molar-refractivity contribution in [3.8, 4) is 0 Å². The van der Waals surface area contributed by atoms with Crippen molar-refractivity contribution in [3.05, 3.63) is 21.9 Å². The van der Waals surface area contributed by atoms with E-state index < -0.39 is 0 Å². The summed E-state index contributed by atoms with van der Waals surface area (Å²) in [4.78, 5) is 22.3. The van der Waals surface area contributed by atoms with Crippen molar-refractivity contribution < 1.29 is 9.53 Å². The Hall–Kier alpha value is -0.870. The lowest BCUT2D eigenvalue weighted by Crippen LogP contribution is -2.55. The number of hydrogen-bond acceptors (Lipinski definition) is 4. The number of guanidine groups is 1. The summed E-state index contributed by atoms with van der Waals surface area (Å²) in [6.07, 6.45) is 1.65. The number of carbonyl (C=O) groups excluding carboxylic acids is 1. The van der Waals surface area contributed by atoms with E-state index in [1.165, 1.54) is 10.4 Å². The van der Waals surface area contributed by atoms with Gasteiger partial charge in [-0.1, -0.05) is 0 Å². The second-order valence-corrected chi connectivity index (χ2v) is 7.24. The van der Waals surface area contributed by atoms with E-state index in [0.29, 0.717) is 0 Å². The normalized spacial score (nSPS) is 21.2. The Labute approximate surface area is 170 Å². The van der Waals surface area contributed by atoms with Crippen molar-refractivity contribution in [1.29, 1.82) is 0 Å². The number of nitrogens with zero attached hydrogens (tertiary/aromatic N) is 3. The fourth-order valence-corrected chi connectivity index (χ4v) is 4.04. The minimum Gasteiger partial charge on any atom is -0.368 e. The maximum absolute atomic E-state index is 12.4. The zero-order valence-corrected chi connectivity index (χ0v) is 18.0. The van der Waals surface area contributed by atoms with Crippen LogP contribution < -0.4 is 5.32 Å². The largest absolute Gasteiger partial charge is 0.368 e. The summed E-state index contributed by atoms with van der Waals surface area (Å²) in [5.41, 5.74) is 1.31. The minimum absolute atomic E-state index is 0. The van der Waals surface area contributed by atoms with Gasteiger partial charge >= 0.3 is 0 Å². The molecule has 2 saturated heterocycles. The zero-order valence-electron chi connectivity index (χ0n) is 14.9. The van der Waals surface area contributed by atoms with Gasteiger partial charge in [-0.3, -0.25) is 9.79 Å². The molecule has 0 bridgehead atoms. The van der Waals surface area contributed by atoms with E-state index in [1.54, 1.807) is 11.3 Å². The predicted molar refractivity (Wildman–Crippen MR) is 112 cm³/mol. The number of aryl methyl sites for hydroxylation is 1. The Bertz CT molecular complexity index is 593. The summed E-state index contributed by atoms with van der Waals surface area (Å²) in [5.74, 6) is 1.07. The first-order valence-electron chi connectivity index (χ1n) is 8.58. The van der Waals surface area contributed by atoms with Crippen LogP contribution in [-0.4, -0.2) is 67.6 Å². The molecule has 3 rings (SSSR count). The van der Waals surface area contributed by atoms with E-state index in [4.69, 9.17) is 4.74 Å². The van der Waals surface area contributed by atoms with Gasteiger partial charge in [-0.25, -0.2) is 0 Å². The van der Waals surface area contributed by atoms with Gasteiger partial charge in [0, 0.05) is 44.7 Å². The fourth-order valence-electron chi connectivity index (χ4n) is 3.19. The van der Waals surface area contributed by atoms with E-state index in [0.717, 1.165) is 58.1 Å². The second kappa shape index (κ2) is 9.72. The van der Waals surface area contributed by atoms with E-state index in [9.17, 15) is 4.79 Å². The standard InChI is InChI=1S/C17H26N4O2S.HI/c1-13-5-11-24-15(13)12-19-17(18-2)21-8-6-20(7-9-21)16(22)14-4-3-10-23-14;/h5,11,14H,3-4,6-10,12H2,1-2H3,(H,18,19);1H. The van der Waals surface area contributed by atoms with Gasteiger partial charge in [-0.2, -0.15) is 0 Å². The quantitative estimate of drug-likeness (QED) is 0.411. The molecule has 3 heterocycles. The van der Waals surface area contributed by atoms with Crippen LogP contribution in [0.1, 0.15) is 23.3 Å². The third-order valence-corrected chi connectivity index (χ3v) is 5.71. The van der Waals surface area contributed by atoms with Gasteiger partial charge in [0.05, 0.1) is 6.54 Å². The average Bonchev–Trinajstić information content (AvgIpc) is 3.27. The van der Waals surface area contributed by atoms with Crippen LogP contribution in [0.3, 0.4) is 0 Å². The first kappa shape index (κ1) is 20.4. The summed E-state index contributed by atoms with van der Waals surface area (Å²) in [5, 5.41) is 5.56. The minimum atomic E-state index is -0.212. The van der Waals surface area contributed by atoms with Crippen LogP contribution in [0.5, 0.6) is 0 Å². The molecule has 1 atom stereocenters. The van der Waals surface area contributed by atoms with Gasteiger partial charge < -0.3 is 19.9 Å². The molecule has 1 aromatic rings. The summed E-state index contributed by atoms with van der Waals surface area (Å²) < 4.78 is 5.51. The molecule has 0 saturated carbocycles. The summed E-state index contributed by atoms with van der Waals surface area (Å²) in [6.45, 7) is 6.73. The van der Waals surface area contributed by atoms with Crippen LogP contribution >= 0.6 is 35.3 Å². The van der Waals surface area contributed by atoms with Gasteiger partial charge in [0.2, 0.25) is 0 Å². The molecule has 140 valence electrons. The van der Waals surface area contributed by atoms with E-state index in [-0.39, 0.29) is 36.0 Å². The van der Waals surface area contributed by atoms with Crippen LogP contribution in [-0.2, 0) is 16.1 Å². The van der Waals surface area contributed by atoms with Crippen LogP contribution in [0, 0.1) is 6.92 Å². The van der Waals surface area contributed by atoms with E-state index >= 15 is 0 Å². The van der Waals surface area contributed by atoms with Gasteiger partial charge in [0.25, 0.3) is 5.91 Å². The van der Waals surface area contributed by atoms with Gasteiger partial charge in [0.15, 0.2) is 5.96 Å². The number of thiophene rings is 1. The Morgan fingerprint density at radius 3 is 2.64 bits per heavy atom. The summed E-state index contributed by atoms with van der Waals surface area (Å²) in [7, 11) is 1.81. The molecule has 1 amide bonds. The first-order valence-corrected chi connectivity index (χ1v) is 9.46. The number of carbonyl (C=O) groups is 1. The number of nitrogens with one attached hydrogen (secondary N) is 1. The highest BCUT2D eigenvalue weighted by Crippen LogP contribution is 2.17. The molecule has 1 aromatic heterocycles. The summed E-state index contributed by atoms with van der Waals surface area (Å²) >= 11 is 1.76.